The molecule has 0 bridgehead atoms. The van der Waals surface area contributed by atoms with Gasteiger partial charge >= 0.3 is 0 Å². The molecule has 138 valence electrons. The summed E-state index contributed by atoms with van der Waals surface area (Å²) in [6.07, 6.45) is 0.132. The van der Waals surface area contributed by atoms with Crippen molar-refractivity contribution in [2.24, 2.45) is 0 Å². The van der Waals surface area contributed by atoms with Crippen LogP contribution in [0.2, 0.25) is 0 Å². The second-order valence-electron chi connectivity index (χ2n) is 5.58. The van der Waals surface area contributed by atoms with Crippen LogP contribution in [0, 0.1) is 0 Å². The van der Waals surface area contributed by atoms with Gasteiger partial charge in [0.05, 0.1) is 4.90 Å². The van der Waals surface area contributed by atoms with E-state index in [1.807, 2.05) is 31.3 Å². The molecule has 6 nitrogen and oxygen atoms in total. The van der Waals surface area contributed by atoms with Gasteiger partial charge in [0.15, 0.2) is 0 Å². The molecule has 2 aromatic carbocycles. The Balaban J connectivity index is 0.00000312. The third kappa shape index (κ3) is 5.97. The number of halogens is 1. The van der Waals surface area contributed by atoms with E-state index in [2.05, 4.69) is 10.0 Å². The summed E-state index contributed by atoms with van der Waals surface area (Å²) < 4.78 is 27.2. The Bertz CT molecular complexity index is 812. The minimum absolute atomic E-state index is 0. The zero-order chi connectivity index (χ0) is 17.6. The van der Waals surface area contributed by atoms with Gasteiger partial charge in [0.1, 0.15) is 0 Å². The number of fused-ring (bicyclic) bond motifs is 1. The van der Waals surface area contributed by atoms with Gasteiger partial charge in [-0.1, -0.05) is 30.3 Å². The molecular formula is C17H24ClN3O3S. The maximum absolute atomic E-state index is 12.4. The molecular weight excluding hydrogens is 362 g/mol. The Kier molecular flexibility index (Phi) is 8.31. The fourth-order valence-electron chi connectivity index (χ4n) is 2.31. The van der Waals surface area contributed by atoms with Gasteiger partial charge in [0.25, 0.3) is 0 Å². The average Bonchev–Trinajstić information content (AvgIpc) is 2.58. The highest BCUT2D eigenvalue weighted by Crippen LogP contribution is 2.18. The molecule has 0 spiro atoms. The van der Waals surface area contributed by atoms with Gasteiger partial charge in [0, 0.05) is 33.1 Å². The van der Waals surface area contributed by atoms with Crippen LogP contribution in [0.15, 0.2) is 47.4 Å². The number of benzene rings is 2. The van der Waals surface area contributed by atoms with Gasteiger partial charge in [-0.15, -0.1) is 12.4 Å². The highest BCUT2D eigenvalue weighted by molar-refractivity contribution is 7.89. The number of nitrogens with one attached hydrogen (secondary N) is 2. The van der Waals surface area contributed by atoms with Crippen LogP contribution in [0.4, 0.5) is 0 Å². The molecule has 0 saturated carbocycles. The summed E-state index contributed by atoms with van der Waals surface area (Å²) in [6, 6.07) is 12.6. The number of rotatable bonds is 8. The number of nitrogens with zero attached hydrogens (tertiary/aromatic N) is 1. The highest BCUT2D eigenvalue weighted by atomic mass is 35.5. The molecule has 2 aromatic rings. The van der Waals surface area contributed by atoms with Crippen molar-refractivity contribution >= 4 is 39.1 Å². The Morgan fingerprint density at radius 2 is 1.76 bits per heavy atom. The zero-order valence-electron chi connectivity index (χ0n) is 14.4. The van der Waals surface area contributed by atoms with Crippen molar-refractivity contribution in [3.05, 3.63) is 42.5 Å². The van der Waals surface area contributed by atoms with Crippen LogP contribution in [0.5, 0.6) is 0 Å². The molecule has 0 aromatic heterocycles. The third-order valence-corrected chi connectivity index (χ3v) is 5.24. The van der Waals surface area contributed by atoms with Crippen molar-refractivity contribution in [1.82, 2.24) is 14.9 Å². The van der Waals surface area contributed by atoms with Gasteiger partial charge in [-0.3, -0.25) is 4.79 Å². The summed E-state index contributed by atoms with van der Waals surface area (Å²) in [5.74, 6) is -0.0912. The van der Waals surface area contributed by atoms with E-state index in [1.54, 1.807) is 30.1 Å². The van der Waals surface area contributed by atoms with E-state index >= 15 is 0 Å². The van der Waals surface area contributed by atoms with Crippen molar-refractivity contribution < 1.29 is 13.2 Å². The second kappa shape index (κ2) is 9.72. The first-order valence-electron chi connectivity index (χ1n) is 7.81. The molecule has 0 aliphatic heterocycles. The smallest absolute Gasteiger partial charge is 0.240 e. The average molecular weight is 386 g/mol. The Morgan fingerprint density at radius 1 is 1.08 bits per heavy atom. The highest BCUT2D eigenvalue weighted by Gasteiger charge is 2.15. The molecule has 8 heteroatoms. The monoisotopic (exact) mass is 385 g/mol. The number of hydrogen-bond acceptors (Lipinski definition) is 4. The first kappa shape index (κ1) is 21.4. The minimum atomic E-state index is -3.62. The molecule has 0 aliphatic rings. The normalized spacial score (nSPS) is 11.1. The maximum Gasteiger partial charge on any atom is 0.240 e. The van der Waals surface area contributed by atoms with E-state index in [-0.39, 0.29) is 36.2 Å². The van der Waals surface area contributed by atoms with Crippen LogP contribution >= 0.6 is 12.4 Å². The molecule has 0 heterocycles. The molecule has 0 unspecified atom stereocenters. The zero-order valence-corrected chi connectivity index (χ0v) is 16.0. The number of amides is 1. The number of carbonyl (C=O) groups is 1. The van der Waals surface area contributed by atoms with E-state index in [0.29, 0.717) is 13.1 Å². The number of carbonyl (C=O) groups excluding carboxylic acids is 1. The molecule has 0 saturated heterocycles. The lowest BCUT2D eigenvalue weighted by atomic mass is 10.1. The lowest BCUT2D eigenvalue weighted by Gasteiger charge is -2.17. The van der Waals surface area contributed by atoms with Crippen LogP contribution in [0.3, 0.4) is 0 Å². The molecule has 2 N–H and O–H groups in total. The Hall–Kier alpha value is -1.67. The summed E-state index contributed by atoms with van der Waals surface area (Å²) >= 11 is 0. The summed E-state index contributed by atoms with van der Waals surface area (Å²) in [7, 11) is -0.102. The number of likely N-dealkylation sites (N-methyl/N-ethyl adjacent to an activating group) is 2. The van der Waals surface area contributed by atoms with Crippen LogP contribution in [0.25, 0.3) is 10.8 Å². The van der Waals surface area contributed by atoms with Gasteiger partial charge in [-0.25, -0.2) is 13.1 Å². The lowest BCUT2D eigenvalue weighted by Crippen LogP contribution is -2.35. The largest absolute Gasteiger partial charge is 0.344 e. The quantitative estimate of drug-likeness (QED) is 0.723. The van der Waals surface area contributed by atoms with Crippen LogP contribution < -0.4 is 10.0 Å². The summed E-state index contributed by atoms with van der Waals surface area (Å²) in [5.41, 5.74) is 0. The van der Waals surface area contributed by atoms with E-state index in [4.69, 9.17) is 0 Å². The predicted octanol–water partition coefficient (Wildman–Crippen LogP) is 1.61. The molecule has 25 heavy (non-hydrogen) atoms. The van der Waals surface area contributed by atoms with Crippen molar-refractivity contribution in [1.29, 1.82) is 0 Å². The summed E-state index contributed by atoms with van der Waals surface area (Å²) in [5, 5.41) is 4.81. The van der Waals surface area contributed by atoms with Crippen molar-refractivity contribution in [3.8, 4) is 0 Å². The minimum Gasteiger partial charge on any atom is -0.344 e. The van der Waals surface area contributed by atoms with Crippen LogP contribution in [-0.2, 0) is 14.8 Å². The molecule has 0 fully saturated rings. The van der Waals surface area contributed by atoms with E-state index in [0.717, 1.165) is 10.8 Å². The van der Waals surface area contributed by atoms with Gasteiger partial charge in [-0.2, -0.15) is 0 Å². The SMILES string of the molecule is CNCCN(C)C(=O)CCNS(=O)(=O)c1ccc2ccccc2c1.Cl. The molecule has 0 aliphatic carbocycles. The first-order valence-corrected chi connectivity index (χ1v) is 9.29. The predicted molar refractivity (Wildman–Crippen MR) is 103 cm³/mol. The van der Waals surface area contributed by atoms with Crippen molar-refractivity contribution in [2.75, 3.05) is 33.7 Å². The fraction of sp³-hybridized carbons (Fsp3) is 0.353. The Morgan fingerprint density at radius 3 is 2.44 bits per heavy atom. The van der Waals surface area contributed by atoms with E-state index in [9.17, 15) is 13.2 Å². The van der Waals surface area contributed by atoms with Gasteiger partial charge in [-0.05, 0) is 30.0 Å². The van der Waals surface area contributed by atoms with Gasteiger partial charge < -0.3 is 10.2 Å². The fourth-order valence-corrected chi connectivity index (χ4v) is 3.37. The van der Waals surface area contributed by atoms with Crippen LogP contribution in [0.1, 0.15) is 6.42 Å². The summed E-state index contributed by atoms with van der Waals surface area (Å²) in [4.78, 5) is 13.7. The number of sulfonamides is 1. The lowest BCUT2D eigenvalue weighted by molar-refractivity contribution is -0.129. The molecule has 1 amide bonds. The number of hydrogen-bond donors (Lipinski definition) is 2. The standard InChI is InChI=1S/C17H23N3O3S.ClH/c1-18-11-12-20(2)17(21)9-10-19-24(22,23)16-8-7-14-5-3-4-6-15(14)13-16;/h3-8,13,18-19H,9-12H2,1-2H3;1H. The Labute approximate surface area is 155 Å². The van der Waals surface area contributed by atoms with Gasteiger partial charge in [0.2, 0.25) is 15.9 Å². The van der Waals surface area contributed by atoms with E-state index < -0.39 is 10.0 Å². The van der Waals surface area contributed by atoms with Crippen LogP contribution in [-0.4, -0.2) is 53.0 Å². The topological polar surface area (TPSA) is 78.5 Å². The molecule has 2 rings (SSSR count). The summed E-state index contributed by atoms with van der Waals surface area (Å²) in [6.45, 7) is 1.37. The second-order valence-corrected chi connectivity index (χ2v) is 7.34. The third-order valence-electron chi connectivity index (χ3n) is 3.79. The molecule has 0 radical (unpaired) electrons. The van der Waals surface area contributed by atoms with Crippen molar-refractivity contribution in [3.63, 3.8) is 0 Å². The molecule has 0 atom stereocenters. The van der Waals surface area contributed by atoms with Crippen molar-refractivity contribution in [2.45, 2.75) is 11.3 Å². The first-order chi connectivity index (χ1) is 11.4. The maximum atomic E-state index is 12.4. The van der Waals surface area contributed by atoms with E-state index in [1.165, 1.54) is 0 Å².